The molecule has 0 aliphatic heterocycles. The first-order valence-corrected chi connectivity index (χ1v) is 7.88. The van der Waals surface area contributed by atoms with Crippen molar-refractivity contribution in [2.24, 2.45) is 17.6 Å². The van der Waals surface area contributed by atoms with E-state index in [-0.39, 0.29) is 0 Å². The van der Waals surface area contributed by atoms with Crippen molar-refractivity contribution in [3.05, 3.63) is 30.1 Å². The number of rotatable bonds is 3. The van der Waals surface area contributed by atoms with Gasteiger partial charge in [0.1, 0.15) is 5.82 Å². The van der Waals surface area contributed by atoms with Crippen molar-refractivity contribution < 1.29 is 0 Å². The number of imidazole rings is 1. The standard InChI is InChI=1S/C17H25N3/c1-3-20-16-7-5-4-6-15(16)19-17(20)11-13-10-12(2)8-9-14(13)18/h4-7,12-14H,3,8-11,18H2,1-2H3. The average molecular weight is 271 g/mol. The van der Waals surface area contributed by atoms with Crippen LogP contribution in [0.2, 0.25) is 0 Å². The van der Waals surface area contributed by atoms with Gasteiger partial charge in [0.15, 0.2) is 0 Å². The van der Waals surface area contributed by atoms with Gasteiger partial charge < -0.3 is 10.3 Å². The SMILES string of the molecule is CCn1c(CC2CC(C)CCC2N)nc2ccccc21. The molecule has 1 aromatic carbocycles. The second-order valence-electron chi connectivity index (χ2n) is 6.31. The molecule has 0 spiro atoms. The van der Waals surface area contributed by atoms with Crippen LogP contribution in [-0.4, -0.2) is 15.6 Å². The first kappa shape index (κ1) is 13.6. The van der Waals surface area contributed by atoms with Crippen LogP contribution in [-0.2, 0) is 13.0 Å². The van der Waals surface area contributed by atoms with E-state index < -0.39 is 0 Å². The Hall–Kier alpha value is -1.35. The number of aromatic nitrogens is 2. The Morgan fingerprint density at radius 2 is 2.10 bits per heavy atom. The van der Waals surface area contributed by atoms with Crippen LogP contribution < -0.4 is 5.73 Å². The van der Waals surface area contributed by atoms with Gasteiger partial charge in [-0.3, -0.25) is 0 Å². The van der Waals surface area contributed by atoms with Gasteiger partial charge in [-0.05, 0) is 50.2 Å². The molecule has 1 aliphatic carbocycles. The molecule has 20 heavy (non-hydrogen) atoms. The normalized spacial score (nSPS) is 27.1. The molecular weight excluding hydrogens is 246 g/mol. The van der Waals surface area contributed by atoms with Crippen LogP contribution in [0.25, 0.3) is 11.0 Å². The summed E-state index contributed by atoms with van der Waals surface area (Å²) >= 11 is 0. The molecular formula is C17H25N3. The van der Waals surface area contributed by atoms with Crippen LogP contribution in [0.15, 0.2) is 24.3 Å². The van der Waals surface area contributed by atoms with E-state index in [9.17, 15) is 0 Å². The molecule has 1 aromatic heterocycles. The Bertz CT molecular complexity index is 587. The summed E-state index contributed by atoms with van der Waals surface area (Å²) in [5.41, 5.74) is 8.70. The molecule has 3 unspecified atom stereocenters. The van der Waals surface area contributed by atoms with Crippen molar-refractivity contribution in [2.75, 3.05) is 0 Å². The zero-order chi connectivity index (χ0) is 14.1. The molecule has 0 radical (unpaired) electrons. The molecule has 3 heteroatoms. The molecule has 3 atom stereocenters. The molecule has 0 saturated heterocycles. The zero-order valence-electron chi connectivity index (χ0n) is 12.5. The quantitative estimate of drug-likeness (QED) is 0.930. The summed E-state index contributed by atoms with van der Waals surface area (Å²) in [6, 6.07) is 8.77. The molecule has 1 fully saturated rings. The maximum Gasteiger partial charge on any atom is 0.110 e. The fraction of sp³-hybridized carbons (Fsp3) is 0.588. The van der Waals surface area contributed by atoms with Crippen LogP contribution in [0.5, 0.6) is 0 Å². The number of fused-ring (bicyclic) bond motifs is 1. The van der Waals surface area contributed by atoms with E-state index in [1.807, 2.05) is 0 Å². The molecule has 3 rings (SSSR count). The lowest BCUT2D eigenvalue weighted by Crippen LogP contribution is -2.37. The van der Waals surface area contributed by atoms with Crippen molar-refractivity contribution >= 4 is 11.0 Å². The molecule has 2 N–H and O–H groups in total. The smallest absolute Gasteiger partial charge is 0.110 e. The number of para-hydroxylation sites is 2. The Labute approximate surface area is 121 Å². The van der Waals surface area contributed by atoms with Gasteiger partial charge in [-0.25, -0.2) is 4.98 Å². The number of hydrogen-bond donors (Lipinski definition) is 1. The second-order valence-corrected chi connectivity index (χ2v) is 6.31. The molecule has 1 aliphatic rings. The van der Waals surface area contributed by atoms with E-state index in [2.05, 4.69) is 42.7 Å². The van der Waals surface area contributed by atoms with Crippen LogP contribution in [0.1, 0.15) is 38.9 Å². The highest BCUT2D eigenvalue weighted by Gasteiger charge is 2.27. The fourth-order valence-corrected chi connectivity index (χ4v) is 3.63. The Kier molecular flexibility index (Phi) is 3.79. The average Bonchev–Trinajstić information content (AvgIpc) is 2.80. The van der Waals surface area contributed by atoms with E-state index in [0.717, 1.165) is 30.8 Å². The monoisotopic (exact) mass is 271 g/mol. The number of hydrogen-bond acceptors (Lipinski definition) is 2. The largest absolute Gasteiger partial charge is 0.328 e. The molecule has 1 saturated carbocycles. The Morgan fingerprint density at radius 3 is 2.90 bits per heavy atom. The van der Waals surface area contributed by atoms with Crippen LogP contribution in [0.4, 0.5) is 0 Å². The molecule has 2 aromatic rings. The van der Waals surface area contributed by atoms with Gasteiger partial charge in [-0.1, -0.05) is 19.1 Å². The van der Waals surface area contributed by atoms with Gasteiger partial charge in [-0.15, -0.1) is 0 Å². The number of nitrogens with two attached hydrogens (primary N) is 1. The van der Waals surface area contributed by atoms with Gasteiger partial charge in [-0.2, -0.15) is 0 Å². The fourth-order valence-electron chi connectivity index (χ4n) is 3.63. The Morgan fingerprint density at radius 1 is 1.30 bits per heavy atom. The lowest BCUT2D eigenvalue weighted by atomic mass is 9.77. The van der Waals surface area contributed by atoms with E-state index in [0.29, 0.717) is 12.0 Å². The van der Waals surface area contributed by atoms with Crippen molar-refractivity contribution in [2.45, 2.75) is 52.1 Å². The number of aryl methyl sites for hydroxylation is 1. The molecule has 0 bridgehead atoms. The minimum Gasteiger partial charge on any atom is -0.328 e. The minimum atomic E-state index is 0.344. The van der Waals surface area contributed by atoms with E-state index in [1.54, 1.807) is 0 Å². The van der Waals surface area contributed by atoms with E-state index in [1.165, 1.54) is 24.2 Å². The zero-order valence-corrected chi connectivity index (χ0v) is 12.5. The predicted molar refractivity (Wildman–Crippen MR) is 83.6 cm³/mol. The Balaban J connectivity index is 1.90. The predicted octanol–water partition coefficient (Wildman–Crippen LogP) is 3.36. The second kappa shape index (κ2) is 5.57. The first-order valence-electron chi connectivity index (χ1n) is 7.88. The maximum absolute atomic E-state index is 6.34. The number of benzene rings is 1. The summed E-state index contributed by atoms with van der Waals surface area (Å²) in [5.74, 6) is 2.60. The van der Waals surface area contributed by atoms with Crippen molar-refractivity contribution in [3.63, 3.8) is 0 Å². The minimum absolute atomic E-state index is 0.344. The lowest BCUT2D eigenvalue weighted by molar-refractivity contribution is 0.241. The van der Waals surface area contributed by atoms with Crippen molar-refractivity contribution in [1.29, 1.82) is 0 Å². The van der Waals surface area contributed by atoms with E-state index >= 15 is 0 Å². The lowest BCUT2D eigenvalue weighted by Gasteiger charge is -2.32. The number of nitrogens with zero attached hydrogens (tertiary/aromatic N) is 2. The van der Waals surface area contributed by atoms with Crippen LogP contribution in [0.3, 0.4) is 0 Å². The van der Waals surface area contributed by atoms with Gasteiger partial charge in [0.25, 0.3) is 0 Å². The molecule has 3 nitrogen and oxygen atoms in total. The summed E-state index contributed by atoms with van der Waals surface area (Å²) in [5, 5.41) is 0. The maximum atomic E-state index is 6.34. The van der Waals surface area contributed by atoms with Gasteiger partial charge >= 0.3 is 0 Å². The van der Waals surface area contributed by atoms with Gasteiger partial charge in [0, 0.05) is 19.0 Å². The highest BCUT2D eigenvalue weighted by atomic mass is 15.1. The molecule has 0 amide bonds. The van der Waals surface area contributed by atoms with Gasteiger partial charge in [0.05, 0.1) is 11.0 Å². The molecule has 108 valence electrons. The van der Waals surface area contributed by atoms with Crippen molar-refractivity contribution in [3.8, 4) is 0 Å². The van der Waals surface area contributed by atoms with Crippen molar-refractivity contribution in [1.82, 2.24) is 9.55 Å². The highest BCUT2D eigenvalue weighted by Crippen LogP contribution is 2.31. The summed E-state index contributed by atoms with van der Waals surface area (Å²) in [6.45, 7) is 5.52. The summed E-state index contributed by atoms with van der Waals surface area (Å²) in [7, 11) is 0. The third-order valence-electron chi connectivity index (χ3n) is 4.80. The van der Waals surface area contributed by atoms with Crippen LogP contribution >= 0.6 is 0 Å². The molecule has 1 heterocycles. The van der Waals surface area contributed by atoms with Gasteiger partial charge in [0.2, 0.25) is 0 Å². The topological polar surface area (TPSA) is 43.8 Å². The van der Waals surface area contributed by atoms with E-state index in [4.69, 9.17) is 10.7 Å². The third-order valence-corrected chi connectivity index (χ3v) is 4.80. The summed E-state index contributed by atoms with van der Waals surface area (Å²) in [4.78, 5) is 4.84. The summed E-state index contributed by atoms with van der Waals surface area (Å²) < 4.78 is 2.35. The van der Waals surface area contributed by atoms with Crippen LogP contribution in [0, 0.1) is 11.8 Å². The summed E-state index contributed by atoms with van der Waals surface area (Å²) in [6.07, 6.45) is 4.71. The first-order chi connectivity index (χ1) is 9.69. The highest BCUT2D eigenvalue weighted by molar-refractivity contribution is 5.75. The third kappa shape index (κ3) is 2.47.